The number of hydrogen-bond donors (Lipinski definition) is 1. The first-order chi connectivity index (χ1) is 5.68. The molecule has 12 heavy (non-hydrogen) atoms. The first-order valence-electron chi connectivity index (χ1n) is 4.64. The molecule has 1 atom stereocenters. The van der Waals surface area contributed by atoms with Crippen molar-refractivity contribution in [3.05, 3.63) is 0 Å². The second-order valence-corrected chi connectivity index (χ2v) is 3.63. The van der Waals surface area contributed by atoms with Crippen molar-refractivity contribution in [1.82, 2.24) is 10.2 Å². The van der Waals surface area contributed by atoms with Crippen LogP contribution in [0.1, 0.15) is 26.2 Å². The lowest BCUT2D eigenvalue weighted by Crippen LogP contribution is -2.33. The van der Waals surface area contributed by atoms with Crippen LogP contribution in [0.15, 0.2) is 0 Å². The Balaban J connectivity index is 2.30. The Labute approximate surface area is 74.1 Å². The van der Waals surface area contributed by atoms with E-state index in [1.165, 1.54) is 6.42 Å². The largest absolute Gasteiger partial charge is 0.354 e. The molecule has 70 valence electrons. The van der Waals surface area contributed by atoms with Crippen molar-refractivity contribution in [2.24, 2.45) is 0 Å². The van der Waals surface area contributed by atoms with Gasteiger partial charge < -0.3 is 10.2 Å². The maximum atomic E-state index is 10.8. The summed E-state index contributed by atoms with van der Waals surface area (Å²) in [5, 5.41) is 2.98. The van der Waals surface area contributed by atoms with Gasteiger partial charge in [0.05, 0.1) is 0 Å². The van der Waals surface area contributed by atoms with Gasteiger partial charge in [0.1, 0.15) is 0 Å². The minimum atomic E-state index is 0.101. The van der Waals surface area contributed by atoms with Crippen LogP contribution >= 0.6 is 0 Å². The molecule has 0 aliphatic carbocycles. The minimum absolute atomic E-state index is 0.101. The summed E-state index contributed by atoms with van der Waals surface area (Å²) in [6.07, 6.45) is 3.42. The highest BCUT2D eigenvalue weighted by atomic mass is 16.1. The van der Waals surface area contributed by atoms with Crippen molar-refractivity contribution in [3.8, 4) is 0 Å². The topological polar surface area (TPSA) is 32.3 Å². The van der Waals surface area contributed by atoms with E-state index in [0.29, 0.717) is 6.04 Å². The molecule has 0 aromatic carbocycles. The molecule has 3 nitrogen and oxygen atoms in total. The summed E-state index contributed by atoms with van der Waals surface area (Å²) < 4.78 is 0. The van der Waals surface area contributed by atoms with E-state index in [0.717, 1.165) is 25.9 Å². The van der Waals surface area contributed by atoms with Crippen LogP contribution in [0.3, 0.4) is 0 Å². The quantitative estimate of drug-likeness (QED) is 0.625. The molecule has 0 bridgehead atoms. The summed E-state index contributed by atoms with van der Waals surface area (Å²) in [6, 6.07) is 0.410. The molecule has 1 saturated heterocycles. The molecular weight excluding hydrogens is 152 g/mol. The summed E-state index contributed by atoms with van der Waals surface area (Å²) in [4.78, 5) is 13.1. The van der Waals surface area contributed by atoms with Crippen LogP contribution in [0.2, 0.25) is 0 Å². The maximum Gasteiger partial charge on any atom is 0.217 e. The van der Waals surface area contributed by atoms with Crippen LogP contribution in [0.25, 0.3) is 0 Å². The third-order valence-corrected chi connectivity index (χ3v) is 2.36. The van der Waals surface area contributed by atoms with Gasteiger partial charge in [0.25, 0.3) is 0 Å². The summed E-state index contributed by atoms with van der Waals surface area (Å²) >= 11 is 0. The minimum Gasteiger partial charge on any atom is -0.354 e. The molecule has 3 heteroatoms. The number of amides is 1. The zero-order valence-electron chi connectivity index (χ0n) is 7.97. The van der Waals surface area contributed by atoms with E-state index in [4.69, 9.17) is 0 Å². The molecule has 1 amide bonds. The van der Waals surface area contributed by atoms with E-state index in [9.17, 15) is 4.79 Å². The Morgan fingerprint density at radius 3 is 2.83 bits per heavy atom. The number of nitrogens with zero attached hydrogens (tertiary/aromatic N) is 1. The summed E-state index contributed by atoms with van der Waals surface area (Å²) in [5.41, 5.74) is 0. The van der Waals surface area contributed by atoms with Gasteiger partial charge in [-0.1, -0.05) is 0 Å². The second kappa shape index (κ2) is 4.45. The molecule has 1 fully saturated rings. The Morgan fingerprint density at radius 1 is 1.42 bits per heavy atom. The molecule has 1 heterocycles. The van der Waals surface area contributed by atoms with E-state index >= 15 is 0 Å². The van der Waals surface area contributed by atoms with Gasteiger partial charge in [-0.25, -0.2) is 0 Å². The standard InChI is InChI=1S/C9H18N2O/c1-8(12)10-9-4-3-6-11(2)7-5-9/h9H,3-7H2,1-2H3,(H,10,12). The lowest BCUT2D eigenvalue weighted by Gasteiger charge is -2.15. The normalized spacial score (nSPS) is 26.3. The van der Waals surface area contributed by atoms with Gasteiger partial charge in [0, 0.05) is 13.0 Å². The molecule has 1 aliphatic heterocycles. The Bertz CT molecular complexity index is 159. The van der Waals surface area contributed by atoms with Crippen molar-refractivity contribution < 1.29 is 4.79 Å². The van der Waals surface area contributed by atoms with Crippen molar-refractivity contribution >= 4 is 5.91 Å². The Hall–Kier alpha value is -0.570. The van der Waals surface area contributed by atoms with Crippen LogP contribution in [0.4, 0.5) is 0 Å². The van der Waals surface area contributed by atoms with Crippen LogP contribution in [0, 0.1) is 0 Å². The number of carbonyl (C=O) groups is 1. The van der Waals surface area contributed by atoms with Gasteiger partial charge in [-0.3, -0.25) is 4.79 Å². The predicted molar refractivity (Wildman–Crippen MR) is 49.0 cm³/mol. The number of nitrogens with one attached hydrogen (secondary N) is 1. The van der Waals surface area contributed by atoms with Crippen molar-refractivity contribution in [1.29, 1.82) is 0 Å². The first-order valence-corrected chi connectivity index (χ1v) is 4.64. The zero-order valence-corrected chi connectivity index (χ0v) is 7.97. The molecule has 0 aromatic heterocycles. The average Bonchev–Trinajstić information content (AvgIpc) is 2.15. The van der Waals surface area contributed by atoms with Crippen molar-refractivity contribution in [3.63, 3.8) is 0 Å². The summed E-state index contributed by atoms with van der Waals surface area (Å²) in [5.74, 6) is 0.101. The molecule has 0 aromatic rings. The monoisotopic (exact) mass is 170 g/mol. The van der Waals surface area contributed by atoms with E-state index < -0.39 is 0 Å². The van der Waals surface area contributed by atoms with Gasteiger partial charge >= 0.3 is 0 Å². The highest BCUT2D eigenvalue weighted by Gasteiger charge is 2.14. The SMILES string of the molecule is CC(=O)NC1CCCN(C)CC1. The third kappa shape index (κ3) is 3.22. The predicted octanol–water partition coefficient (Wildman–Crippen LogP) is 0.607. The van der Waals surface area contributed by atoms with Gasteiger partial charge in [0.2, 0.25) is 5.91 Å². The van der Waals surface area contributed by atoms with Gasteiger partial charge in [0.15, 0.2) is 0 Å². The smallest absolute Gasteiger partial charge is 0.217 e. The third-order valence-electron chi connectivity index (χ3n) is 2.36. The van der Waals surface area contributed by atoms with Gasteiger partial charge in [-0.05, 0) is 39.4 Å². The molecule has 1 aliphatic rings. The van der Waals surface area contributed by atoms with E-state index in [2.05, 4.69) is 17.3 Å². The number of likely N-dealkylation sites (tertiary alicyclic amines) is 1. The Kier molecular flexibility index (Phi) is 3.53. The van der Waals surface area contributed by atoms with Gasteiger partial charge in [-0.15, -0.1) is 0 Å². The number of rotatable bonds is 1. The highest BCUT2D eigenvalue weighted by molar-refractivity contribution is 5.73. The molecule has 0 radical (unpaired) electrons. The summed E-state index contributed by atoms with van der Waals surface area (Å²) in [7, 11) is 2.14. The molecule has 1 unspecified atom stereocenters. The highest BCUT2D eigenvalue weighted by Crippen LogP contribution is 2.08. The average molecular weight is 170 g/mol. The van der Waals surface area contributed by atoms with Crippen LogP contribution in [0.5, 0.6) is 0 Å². The fourth-order valence-corrected chi connectivity index (χ4v) is 1.67. The fraction of sp³-hybridized carbons (Fsp3) is 0.889. The van der Waals surface area contributed by atoms with E-state index in [-0.39, 0.29) is 5.91 Å². The first kappa shape index (κ1) is 9.52. The zero-order chi connectivity index (χ0) is 8.97. The van der Waals surface area contributed by atoms with E-state index in [1.807, 2.05) is 0 Å². The van der Waals surface area contributed by atoms with E-state index in [1.54, 1.807) is 6.92 Å². The number of hydrogen-bond acceptors (Lipinski definition) is 2. The number of carbonyl (C=O) groups excluding carboxylic acids is 1. The summed E-state index contributed by atoms with van der Waals surface area (Å²) in [6.45, 7) is 3.86. The van der Waals surface area contributed by atoms with Gasteiger partial charge in [-0.2, -0.15) is 0 Å². The molecular formula is C9H18N2O. The second-order valence-electron chi connectivity index (χ2n) is 3.63. The fourth-order valence-electron chi connectivity index (χ4n) is 1.67. The van der Waals surface area contributed by atoms with Crippen LogP contribution in [-0.2, 0) is 4.79 Å². The lowest BCUT2D eigenvalue weighted by molar-refractivity contribution is -0.119. The molecule has 1 rings (SSSR count). The van der Waals surface area contributed by atoms with Crippen molar-refractivity contribution in [2.45, 2.75) is 32.2 Å². The van der Waals surface area contributed by atoms with Crippen LogP contribution < -0.4 is 5.32 Å². The Morgan fingerprint density at radius 2 is 2.17 bits per heavy atom. The molecule has 0 spiro atoms. The molecule has 0 saturated carbocycles. The maximum absolute atomic E-state index is 10.8. The van der Waals surface area contributed by atoms with Crippen LogP contribution in [-0.4, -0.2) is 37.0 Å². The molecule has 1 N–H and O–H groups in total. The lowest BCUT2D eigenvalue weighted by atomic mass is 10.1. The van der Waals surface area contributed by atoms with Crippen molar-refractivity contribution in [2.75, 3.05) is 20.1 Å².